The number of aliphatic carboxylic acids is 1. The smallest absolute Gasteiger partial charge is 0.323 e. The van der Waals surface area contributed by atoms with E-state index in [1.807, 2.05) is 31.2 Å². The van der Waals surface area contributed by atoms with E-state index < -0.39 is 12.0 Å². The van der Waals surface area contributed by atoms with Gasteiger partial charge in [0, 0.05) is 0 Å². The van der Waals surface area contributed by atoms with E-state index >= 15 is 0 Å². The zero-order chi connectivity index (χ0) is 11.5. The average molecular weight is 221 g/mol. The summed E-state index contributed by atoms with van der Waals surface area (Å²) >= 11 is 0. The van der Waals surface area contributed by atoms with Gasteiger partial charge in [0.1, 0.15) is 6.04 Å². The number of benzene rings is 1. The predicted molar refractivity (Wildman–Crippen MR) is 59.3 cm³/mol. The lowest BCUT2D eigenvalue weighted by molar-refractivity contribution is -0.143. The molecule has 0 radical (unpaired) electrons. The van der Waals surface area contributed by atoms with Gasteiger partial charge in [0.2, 0.25) is 0 Å². The molecular formula is C12H15NO3. The van der Waals surface area contributed by atoms with Crippen LogP contribution in [0, 0.1) is 6.92 Å². The molecule has 0 bridgehead atoms. The molecule has 1 aromatic carbocycles. The standard InChI is InChI=1S/C12H15NO3/c1-8-3-2-4-9(5-8)10-6-16-7-11(13-10)12(14)15/h2-5,10-11,13H,6-7H2,1H3,(H,14,15). The summed E-state index contributed by atoms with van der Waals surface area (Å²) in [5.41, 5.74) is 2.24. The molecule has 1 fully saturated rings. The molecule has 0 saturated carbocycles. The molecule has 2 unspecified atom stereocenters. The number of carbonyl (C=O) groups is 1. The van der Waals surface area contributed by atoms with E-state index in [0.717, 1.165) is 11.1 Å². The topological polar surface area (TPSA) is 58.6 Å². The highest BCUT2D eigenvalue weighted by molar-refractivity contribution is 5.73. The molecule has 16 heavy (non-hydrogen) atoms. The SMILES string of the molecule is Cc1cccc(C2COCC(C(=O)O)N2)c1. The minimum atomic E-state index is -0.864. The number of carboxylic acid groups (broad SMARTS) is 1. The van der Waals surface area contributed by atoms with Gasteiger partial charge in [0.15, 0.2) is 0 Å². The first-order valence-corrected chi connectivity index (χ1v) is 5.30. The highest BCUT2D eigenvalue weighted by Gasteiger charge is 2.27. The summed E-state index contributed by atoms with van der Waals surface area (Å²) in [6.45, 7) is 2.77. The van der Waals surface area contributed by atoms with Crippen LogP contribution in [0.3, 0.4) is 0 Å². The second-order valence-corrected chi connectivity index (χ2v) is 4.06. The molecule has 1 aromatic rings. The fourth-order valence-corrected chi connectivity index (χ4v) is 1.86. The van der Waals surface area contributed by atoms with Crippen molar-refractivity contribution in [3.8, 4) is 0 Å². The summed E-state index contributed by atoms with van der Waals surface area (Å²) in [6, 6.07) is 7.37. The predicted octanol–water partition coefficient (Wildman–Crippen LogP) is 1.11. The van der Waals surface area contributed by atoms with Crippen LogP contribution in [0.25, 0.3) is 0 Å². The normalized spacial score (nSPS) is 25.3. The average Bonchev–Trinajstić information content (AvgIpc) is 2.29. The number of aryl methyl sites for hydroxylation is 1. The number of morpholine rings is 1. The molecule has 86 valence electrons. The van der Waals surface area contributed by atoms with Crippen molar-refractivity contribution in [2.75, 3.05) is 13.2 Å². The van der Waals surface area contributed by atoms with Gasteiger partial charge in [0.05, 0.1) is 19.3 Å². The molecule has 2 rings (SSSR count). The maximum absolute atomic E-state index is 10.9. The van der Waals surface area contributed by atoms with Crippen molar-refractivity contribution < 1.29 is 14.6 Å². The van der Waals surface area contributed by atoms with Crippen molar-refractivity contribution in [2.45, 2.75) is 19.0 Å². The molecule has 0 spiro atoms. The van der Waals surface area contributed by atoms with Gasteiger partial charge in [0.25, 0.3) is 0 Å². The van der Waals surface area contributed by atoms with Crippen molar-refractivity contribution in [3.63, 3.8) is 0 Å². The van der Waals surface area contributed by atoms with Crippen LogP contribution in [-0.4, -0.2) is 30.3 Å². The van der Waals surface area contributed by atoms with Crippen LogP contribution in [0.2, 0.25) is 0 Å². The summed E-state index contributed by atoms with van der Waals surface area (Å²) in [6.07, 6.45) is 0. The summed E-state index contributed by atoms with van der Waals surface area (Å²) < 4.78 is 5.31. The van der Waals surface area contributed by atoms with Crippen LogP contribution in [-0.2, 0) is 9.53 Å². The summed E-state index contributed by atoms with van der Waals surface area (Å²) in [4.78, 5) is 10.9. The number of ether oxygens (including phenoxy) is 1. The largest absolute Gasteiger partial charge is 0.480 e. The van der Waals surface area contributed by atoms with E-state index in [1.54, 1.807) is 0 Å². The first kappa shape index (κ1) is 11.1. The van der Waals surface area contributed by atoms with E-state index in [0.29, 0.717) is 6.61 Å². The zero-order valence-electron chi connectivity index (χ0n) is 9.14. The number of nitrogens with one attached hydrogen (secondary N) is 1. The van der Waals surface area contributed by atoms with Crippen molar-refractivity contribution in [3.05, 3.63) is 35.4 Å². The third kappa shape index (κ3) is 2.40. The van der Waals surface area contributed by atoms with E-state index in [9.17, 15) is 4.79 Å². The van der Waals surface area contributed by atoms with Crippen LogP contribution < -0.4 is 5.32 Å². The molecule has 0 amide bonds. The van der Waals surface area contributed by atoms with Gasteiger partial charge in [-0.25, -0.2) is 0 Å². The van der Waals surface area contributed by atoms with E-state index in [4.69, 9.17) is 9.84 Å². The molecule has 2 N–H and O–H groups in total. The van der Waals surface area contributed by atoms with Crippen molar-refractivity contribution in [2.24, 2.45) is 0 Å². The van der Waals surface area contributed by atoms with Crippen LogP contribution in [0.15, 0.2) is 24.3 Å². The molecule has 1 saturated heterocycles. The van der Waals surface area contributed by atoms with Gasteiger partial charge in [-0.3, -0.25) is 10.1 Å². The van der Waals surface area contributed by atoms with E-state index in [2.05, 4.69) is 5.32 Å². The molecule has 0 aromatic heterocycles. The van der Waals surface area contributed by atoms with Gasteiger partial charge >= 0.3 is 5.97 Å². The van der Waals surface area contributed by atoms with Crippen LogP contribution in [0.1, 0.15) is 17.2 Å². The molecular weight excluding hydrogens is 206 g/mol. The summed E-state index contributed by atoms with van der Waals surface area (Å²) in [5.74, 6) is -0.864. The minimum absolute atomic E-state index is 0.0326. The third-order valence-corrected chi connectivity index (χ3v) is 2.71. The highest BCUT2D eigenvalue weighted by Crippen LogP contribution is 2.18. The Morgan fingerprint density at radius 2 is 2.31 bits per heavy atom. The fraction of sp³-hybridized carbons (Fsp3) is 0.417. The van der Waals surface area contributed by atoms with Crippen molar-refractivity contribution in [1.29, 1.82) is 0 Å². The van der Waals surface area contributed by atoms with Crippen LogP contribution in [0.4, 0.5) is 0 Å². The van der Waals surface area contributed by atoms with Gasteiger partial charge < -0.3 is 9.84 Å². The lowest BCUT2D eigenvalue weighted by Gasteiger charge is -2.29. The first-order valence-electron chi connectivity index (χ1n) is 5.30. The lowest BCUT2D eigenvalue weighted by atomic mass is 10.0. The Hall–Kier alpha value is -1.39. The van der Waals surface area contributed by atoms with Gasteiger partial charge in [-0.05, 0) is 12.5 Å². The fourth-order valence-electron chi connectivity index (χ4n) is 1.86. The highest BCUT2D eigenvalue weighted by atomic mass is 16.5. The minimum Gasteiger partial charge on any atom is -0.480 e. The first-order chi connectivity index (χ1) is 7.66. The Bertz CT molecular complexity index is 392. The van der Waals surface area contributed by atoms with Gasteiger partial charge in [-0.2, -0.15) is 0 Å². The molecule has 2 atom stereocenters. The maximum atomic E-state index is 10.9. The Morgan fingerprint density at radius 1 is 1.50 bits per heavy atom. The molecule has 0 aliphatic carbocycles. The quantitative estimate of drug-likeness (QED) is 0.785. The number of hydrogen-bond acceptors (Lipinski definition) is 3. The van der Waals surface area contributed by atoms with Crippen molar-refractivity contribution in [1.82, 2.24) is 5.32 Å². The number of rotatable bonds is 2. The maximum Gasteiger partial charge on any atom is 0.323 e. The molecule has 1 aliphatic heterocycles. The van der Waals surface area contributed by atoms with Gasteiger partial charge in [-0.15, -0.1) is 0 Å². The third-order valence-electron chi connectivity index (χ3n) is 2.71. The number of hydrogen-bond donors (Lipinski definition) is 2. The van der Waals surface area contributed by atoms with Crippen molar-refractivity contribution >= 4 is 5.97 Å². The Morgan fingerprint density at radius 3 is 3.00 bits per heavy atom. The Kier molecular flexibility index (Phi) is 3.22. The Balaban J connectivity index is 2.12. The second kappa shape index (κ2) is 4.63. The lowest BCUT2D eigenvalue weighted by Crippen LogP contribution is -2.48. The van der Waals surface area contributed by atoms with E-state index in [1.165, 1.54) is 0 Å². The van der Waals surface area contributed by atoms with E-state index in [-0.39, 0.29) is 12.6 Å². The molecule has 1 aliphatic rings. The van der Waals surface area contributed by atoms with Crippen LogP contribution in [0.5, 0.6) is 0 Å². The summed E-state index contributed by atoms with van der Waals surface area (Å²) in [7, 11) is 0. The molecule has 4 heteroatoms. The Labute approximate surface area is 94.2 Å². The second-order valence-electron chi connectivity index (χ2n) is 4.06. The van der Waals surface area contributed by atoms with Gasteiger partial charge in [-0.1, -0.05) is 29.8 Å². The monoisotopic (exact) mass is 221 g/mol. The summed E-state index contributed by atoms with van der Waals surface area (Å²) in [5, 5.41) is 12.0. The molecule has 4 nitrogen and oxygen atoms in total. The number of carboxylic acids is 1. The van der Waals surface area contributed by atoms with Crippen LogP contribution >= 0.6 is 0 Å². The zero-order valence-corrected chi connectivity index (χ0v) is 9.14. The molecule has 1 heterocycles.